The number of nitrogens with one attached hydrogen (secondary N) is 1. The minimum atomic E-state index is 0.0637. The summed E-state index contributed by atoms with van der Waals surface area (Å²) in [7, 11) is 1.66. The monoisotopic (exact) mass is 328 g/mol. The minimum Gasteiger partial charge on any atom is -0.385 e. The third-order valence-corrected chi connectivity index (χ3v) is 4.15. The molecule has 1 aliphatic rings. The maximum absolute atomic E-state index is 12.1. The van der Waals surface area contributed by atoms with Gasteiger partial charge in [0.25, 0.3) is 0 Å². The summed E-state index contributed by atoms with van der Waals surface area (Å²) in [6, 6.07) is 0. The molecule has 134 valence electrons. The average molecular weight is 328 g/mol. The van der Waals surface area contributed by atoms with Gasteiger partial charge in [-0.05, 0) is 20.3 Å². The van der Waals surface area contributed by atoms with Crippen LogP contribution in [-0.2, 0) is 14.3 Å². The van der Waals surface area contributed by atoms with Gasteiger partial charge in [0.05, 0.1) is 13.1 Å². The minimum absolute atomic E-state index is 0.0637. The van der Waals surface area contributed by atoms with Gasteiger partial charge < -0.3 is 15.0 Å². The van der Waals surface area contributed by atoms with Crippen LogP contribution in [0.3, 0.4) is 0 Å². The number of ether oxygens (including phenoxy) is 1. The van der Waals surface area contributed by atoms with Crippen molar-refractivity contribution in [3.05, 3.63) is 0 Å². The quantitative estimate of drug-likeness (QED) is 0.554. The predicted octanol–water partition coefficient (Wildman–Crippen LogP) is -0.375. The fourth-order valence-electron chi connectivity index (χ4n) is 2.68. The van der Waals surface area contributed by atoms with Crippen LogP contribution in [0.1, 0.15) is 20.3 Å². The Bertz CT molecular complexity index is 353. The Labute approximate surface area is 139 Å². The van der Waals surface area contributed by atoms with Gasteiger partial charge in [0.1, 0.15) is 0 Å². The lowest BCUT2D eigenvalue weighted by atomic mass is 10.3. The Morgan fingerprint density at radius 2 is 1.61 bits per heavy atom. The molecule has 7 nitrogen and oxygen atoms in total. The summed E-state index contributed by atoms with van der Waals surface area (Å²) < 4.78 is 4.95. The molecule has 1 aliphatic heterocycles. The number of piperazine rings is 1. The molecule has 2 amide bonds. The van der Waals surface area contributed by atoms with Crippen LogP contribution in [0.2, 0.25) is 0 Å². The summed E-state index contributed by atoms with van der Waals surface area (Å²) in [5.41, 5.74) is 0. The Morgan fingerprint density at radius 1 is 1.04 bits per heavy atom. The van der Waals surface area contributed by atoms with E-state index in [1.807, 2.05) is 18.7 Å². The van der Waals surface area contributed by atoms with E-state index in [1.165, 1.54) is 0 Å². The average Bonchev–Trinajstić information content (AvgIpc) is 2.54. The summed E-state index contributed by atoms with van der Waals surface area (Å²) in [6.07, 6.45) is 0.837. The first-order valence-corrected chi connectivity index (χ1v) is 8.58. The molecule has 7 heteroatoms. The number of amides is 2. The fourth-order valence-corrected chi connectivity index (χ4v) is 2.68. The van der Waals surface area contributed by atoms with Crippen molar-refractivity contribution in [2.75, 3.05) is 72.6 Å². The van der Waals surface area contributed by atoms with Gasteiger partial charge in [0.15, 0.2) is 0 Å². The molecule has 0 aromatic carbocycles. The lowest BCUT2D eigenvalue weighted by molar-refractivity contribution is -0.133. The molecule has 0 bridgehead atoms. The van der Waals surface area contributed by atoms with Crippen LogP contribution >= 0.6 is 0 Å². The van der Waals surface area contributed by atoms with Crippen molar-refractivity contribution in [3.63, 3.8) is 0 Å². The van der Waals surface area contributed by atoms with Crippen LogP contribution in [0, 0.1) is 0 Å². The number of carbonyl (C=O) groups is 2. The van der Waals surface area contributed by atoms with E-state index >= 15 is 0 Å². The van der Waals surface area contributed by atoms with Crippen molar-refractivity contribution in [1.82, 2.24) is 20.0 Å². The van der Waals surface area contributed by atoms with Gasteiger partial charge >= 0.3 is 0 Å². The molecule has 0 aliphatic carbocycles. The van der Waals surface area contributed by atoms with Crippen molar-refractivity contribution < 1.29 is 14.3 Å². The number of methoxy groups -OCH3 is 1. The predicted molar refractivity (Wildman–Crippen MR) is 90.3 cm³/mol. The van der Waals surface area contributed by atoms with Gasteiger partial charge in [-0.1, -0.05) is 0 Å². The van der Waals surface area contributed by atoms with E-state index in [4.69, 9.17) is 4.74 Å². The van der Waals surface area contributed by atoms with Gasteiger partial charge in [0, 0.05) is 59.5 Å². The second kappa shape index (κ2) is 11.4. The zero-order valence-corrected chi connectivity index (χ0v) is 14.8. The topological polar surface area (TPSA) is 65.1 Å². The Morgan fingerprint density at radius 3 is 2.13 bits per heavy atom. The SMILES string of the molecule is CCN(CC)C(=O)CN1CCN(CC(=O)NCCCOC)CC1. The van der Waals surface area contributed by atoms with E-state index in [0.29, 0.717) is 26.2 Å². The molecule has 1 fully saturated rings. The van der Waals surface area contributed by atoms with Crippen molar-refractivity contribution >= 4 is 11.8 Å². The van der Waals surface area contributed by atoms with E-state index in [1.54, 1.807) is 7.11 Å². The first kappa shape index (κ1) is 19.9. The molecule has 0 spiro atoms. The molecule has 23 heavy (non-hydrogen) atoms. The van der Waals surface area contributed by atoms with Crippen LogP contribution < -0.4 is 5.32 Å². The van der Waals surface area contributed by atoms with Crippen LogP contribution in [-0.4, -0.2) is 99.1 Å². The number of carbonyl (C=O) groups excluding carboxylic acids is 2. The first-order valence-electron chi connectivity index (χ1n) is 8.58. The van der Waals surface area contributed by atoms with Gasteiger partial charge in [-0.3, -0.25) is 19.4 Å². The van der Waals surface area contributed by atoms with Crippen LogP contribution in [0.25, 0.3) is 0 Å². The van der Waals surface area contributed by atoms with E-state index in [-0.39, 0.29) is 11.8 Å². The van der Waals surface area contributed by atoms with Crippen molar-refractivity contribution in [2.24, 2.45) is 0 Å². The number of likely N-dealkylation sites (N-methyl/N-ethyl adjacent to an activating group) is 1. The van der Waals surface area contributed by atoms with Gasteiger partial charge in [-0.15, -0.1) is 0 Å². The van der Waals surface area contributed by atoms with Crippen molar-refractivity contribution in [3.8, 4) is 0 Å². The molecular formula is C16H32N4O3. The van der Waals surface area contributed by atoms with Gasteiger partial charge in [0.2, 0.25) is 11.8 Å². The van der Waals surface area contributed by atoms with Crippen molar-refractivity contribution in [1.29, 1.82) is 0 Å². The third-order valence-electron chi connectivity index (χ3n) is 4.15. The lowest BCUT2D eigenvalue weighted by Gasteiger charge is -2.34. The second-order valence-corrected chi connectivity index (χ2v) is 5.81. The van der Waals surface area contributed by atoms with Gasteiger partial charge in [-0.2, -0.15) is 0 Å². The molecule has 1 N–H and O–H groups in total. The third kappa shape index (κ3) is 7.76. The Balaban J connectivity index is 2.19. The largest absolute Gasteiger partial charge is 0.385 e. The normalized spacial score (nSPS) is 16.3. The Hall–Kier alpha value is -1.18. The molecule has 0 atom stereocenters. The summed E-state index contributed by atoms with van der Waals surface area (Å²) in [4.78, 5) is 30.1. The van der Waals surface area contributed by atoms with E-state index < -0.39 is 0 Å². The molecule has 0 aromatic heterocycles. The van der Waals surface area contributed by atoms with Crippen LogP contribution in [0.4, 0.5) is 0 Å². The highest BCUT2D eigenvalue weighted by atomic mass is 16.5. The van der Waals surface area contributed by atoms with E-state index in [2.05, 4.69) is 15.1 Å². The Kier molecular flexibility index (Phi) is 9.82. The summed E-state index contributed by atoms with van der Waals surface area (Å²) >= 11 is 0. The van der Waals surface area contributed by atoms with E-state index in [9.17, 15) is 9.59 Å². The summed E-state index contributed by atoms with van der Waals surface area (Å²) in [5, 5.41) is 2.90. The lowest BCUT2D eigenvalue weighted by Crippen LogP contribution is -2.52. The van der Waals surface area contributed by atoms with Gasteiger partial charge in [-0.25, -0.2) is 0 Å². The molecule has 1 saturated heterocycles. The molecule has 1 heterocycles. The first-order chi connectivity index (χ1) is 11.1. The van der Waals surface area contributed by atoms with Crippen LogP contribution in [0.15, 0.2) is 0 Å². The molecular weight excluding hydrogens is 296 g/mol. The highest BCUT2D eigenvalue weighted by Crippen LogP contribution is 2.02. The molecule has 1 rings (SSSR count). The molecule has 0 saturated carbocycles. The maximum atomic E-state index is 12.1. The molecule has 0 unspecified atom stereocenters. The summed E-state index contributed by atoms with van der Waals surface area (Å²) in [5.74, 6) is 0.258. The smallest absolute Gasteiger partial charge is 0.236 e. The molecule has 0 radical (unpaired) electrons. The van der Waals surface area contributed by atoms with Crippen molar-refractivity contribution in [2.45, 2.75) is 20.3 Å². The zero-order valence-electron chi connectivity index (χ0n) is 14.8. The number of rotatable bonds is 10. The zero-order chi connectivity index (χ0) is 17.1. The summed E-state index contributed by atoms with van der Waals surface area (Å²) in [6.45, 7) is 11.1. The second-order valence-electron chi connectivity index (χ2n) is 5.81. The number of hydrogen-bond donors (Lipinski definition) is 1. The van der Waals surface area contributed by atoms with Crippen LogP contribution in [0.5, 0.6) is 0 Å². The number of hydrogen-bond acceptors (Lipinski definition) is 5. The maximum Gasteiger partial charge on any atom is 0.236 e. The standard InChI is InChI=1S/C16H32N4O3/c1-4-20(5-2)16(22)14-19-10-8-18(9-11-19)13-15(21)17-7-6-12-23-3/h4-14H2,1-3H3,(H,17,21). The fraction of sp³-hybridized carbons (Fsp3) is 0.875. The number of nitrogens with zero attached hydrogens (tertiary/aromatic N) is 3. The highest BCUT2D eigenvalue weighted by Gasteiger charge is 2.21. The highest BCUT2D eigenvalue weighted by molar-refractivity contribution is 5.78. The molecule has 0 aromatic rings. The van der Waals surface area contributed by atoms with E-state index in [0.717, 1.165) is 45.7 Å².